The molecule has 3 fully saturated rings. The summed E-state index contributed by atoms with van der Waals surface area (Å²) in [7, 11) is 0. The Kier molecular flexibility index (Phi) is 8.06. The Morgan fingerprint density at radius 2 is 2.04 bits per heavy atom. The lowest BCUT2D eigenvalue weighted by Gasteiger charge is -2.32. The molecule has 0 aromatic carbocycles. The van der Waals surface area contributed by atoms with Crippen molar-refractivity contribution < 1.29 is 14.3 Å². The zero-order valence-electron chi connectivity index (χ0n) is 13.9. The number of carbonyl (C=O) groups excluding carboxylic acids is 1. The minimum atomic E-state index is 0. The molecule has 3 aliphatic rings. The van der Waals surface area contributed by atoms with E-state index in [1.807, 2.05) is 4.90 Å². The molecule has 134 valence electrons. The molecule has 0 aliphatic carbocycles. The molecule has 3 heterocycles. The van der Waals surface area contributed by atoms with Gasteiger partial charge in [-0.15, -0.1) is 12.4 Å². The number of hydrogen-bond acceptors (Lipinski definition) is 5. The Hall–Kier alpha value is -0.400. The van der Waals surface area contributed by atoms with Crippen LogP contribution in [-0.2, 0) is 14.3 Å². The summed E-state index contributed by atoms with van der Waals surface area (Å²) in [5.41, 5.74) is 0. The first-order chi connectivity index (χ1) is 10.8. The van der Waals surface area contributed by atoms with Gasteiger partial charge in [0.05, 0.1) is 25.7 Å². The van der Waals surface area contributed by atoms with E-state index in [1.54, 1.807) is 0 Å². The van der Waals surface area contributed by atoms with Crippen LogP contribution >= 0.6 is 12.4 Å². The van der Waals surface area contributed by atoms with Gasteiger partial charge in [-0.3, -0.25) is 9.69 Å². The van der Waals surface area contributed by atoms with Crippen molar-refractivity contribution in [2.75, 3.05) is 59.1 Å². The smallest absolute Gasteiger partial charge is 0.224 e. The van der Waals surface area contributed by atoms with Crippen LogP contribution in [0.3, 0.4) is 0 Å². The van der Waals surface area contributed by atoms with Gasteiger partial charge < -0.3 is 19.7 Å². The summed E-state index contributed by atoms with van der Waals surface area (Å²) in [6, 6.07) is 0.554. The first kappa shape index (κ1) is 18.9. The fourth-order valence-corrected chi connectivity index (χ4v) is 3.62. The maximum Gasteiger partial charge on any atom is 0.224 e. The first-order valence-electron chi connectivity index (χ1n) is 8.75. The molecule has 1 amide bonds. The molecule has 6 nitrogen and oxygen atoms in total. The van der Waals surface area contributed by atoms with Gasteiger partial charge >= 0.3 is 0 Å². The number of nitrogens with zero attached hydrogens (tertiary/aromatic N) is 2. The van der Waals surface area contributed by atoms with Crippen LogP contribution in [0.1, 0.15) is 25.7 Å². The molecule has 1 N–H and O–H groups in total. The molecular formula is C16H30ClN3O3. The van der Waals surface area contributed by atoms with Crippen molar-refractivity contribution in [2.24, 2.45) is 0 Å². The highest BCUT2D eigenvalue weighted by atomic mass is 35.5. The minimum Gasteiger partial charge on any atom is -0.378 e. The Morgan fingerprint density at radius 1 is 1.22 bits per heavy atom. The van der Waals surface area contributed by atoms with E-state index >= 15 is 0 Å². The van der Waals surface area contributed by atoms with E-state index in [-0.39, 0.29) is 24.4 Å². The van der Waals surface area contributed by atoms with E-state index in [1.165, 1.54) is 0 Å². The largest absolute Gasteiger partial charge is 0.378 e. The predicted molar refractivity (Wildman–Crippen MR) is 91.1 cm³/mol. The number of ether oxygens (including phenoxy) is 2. The number of nitrogens with one attached hydrogen (secondary N) is 1. The molecular weight excluding hydrogens is 318 g/mol. The van der Waals surface area contributed by atoms with Crippen molar-refractivity contribution in [3.05, 3.63) is 0 Å². The second-order valence-corrected chi connectivity index (χ2v) is 6.53. The third-order valence-corrected chi connectivity index (χ3v) is 4.97. The standard InChI is InChI=1S/C16H29N3O3.ClH/c20-16(4-11-21-13-15-2-1-10-22-15)19-7-3-14(12-19)18-8-5-17-6-9-18;/h14-15,17H,1-13H2;1H. The Labute approximate surface area is 145 Å². The quantitative estimate of drug-likeness (QED) is 0.709. The van der Waals surface area contributed by atoms with Crippen molar-refractivity contribution in [1.82, 2.24) is 15.1 Å². The van der Waals surface area contributed by atoms with Crippen LogP contribution < -0.4 is 5.32 Å². The summed E-state index contributed by atoms with van der Waals surface area (Å²) in [4.78, 5) is 16.8. The maximum atomic E-state index is 12.3. The van der Waals surface area contributed by atoms with Crippen LogP contribution in [0.25, 0.3) is 0 Å². The van der Waals surface area contributed by atoms with Gasteiger partial charge in [0.2, 0.25) is 5.91 Å². The lowest BCUT2D eigenvalue weighted by atomic mass is 10.2. The molecule has 0 aromatic heterocycles. The van der Waals surface area contributed by atoms with E-state index in [0.29, 0.717) is 25.7 Å². The zero-order chi connectivity index (χ0) is 15.2. The number of rotatable bonds is 6. The third-order valence-electron chi connectivity index (χ3n) is 4.97. The molecule has 23 heavy (non-hydrogen) atoms. The monoisotopic (exact) mass is 347 g/mol. The van der Waals surface area contributed by atoms with Crippen LogP contribution in [0.5, 0.6) is 0 Å². The summed E-state index contributed by atoms with van der Waals surface area (Å²) in [6.45, 7) is 8.17. The summed E-state index contributed by atoms with van der Waals surface area (Å²) in [5.74, 6) is 0.241. The van der Waals surface area contributed by atoms with Crippen LogP contribution in [0.2, 0.25) is 0 Å². The Balaban J connectivity index is 0.00000192. The summed E-state index contributed by atoms with van der Waals surface area (Å²) >= 11 is 0. The van der Waals surface area contributed by atoms with E-state index in [2.05, 4.69) is 10.2 Å². The lowest BCUT2D eigenvalue weighted by Crippen LogP contribution is -2.49. The maximum absolute atomic E-state index is 12.3. The average Bonchev–Trinajstić information content (AvgIpc) is 3.24. The molecule has 0 aromatic rings. The minimum absolute atomic E-state index is 0. The summed E-state index contributed by atoms with van der Waals surface area (Å²) in [5, 5.41) is 3.38. The first-order valence-corrected chi connectivity index (χ1v) is 8.75. The number of hydrogen-bond donors (Lipinski definition) is 1. The molecule has 3 aliphatic heterocycles. The van der Waals surface area contributed by atoms with Crippen molar-refractivity contribution >= 4 is 18.3 Å². The van der Waals surface area contributed by atoms with Crippen LogP contribution in [-0.4, -0.2) is 86.9 Å². The number of carbonyl (C=O) groups is 1. The van der Waals surface area contributed by atoms with E-state index in [0.717, 1.165) is 65.1 Å². The average molecular weight is 348 g/mol. The summed E-state index contributed by atoms with van der Waals surface area (Å²) < 4.78 is 11.1. The number of likely N-dealkylation sites (tertiary alicyclic amines) is 1. The van der Waals surface area contributed by atoms with Crippen LogP contribution in [0.15, 0.2) is 0 Å². The van der Waals surface area contributed by atoms with E-state index in [9.17, 15) is 4.79 Å². The molecule has 3 rings (SSSR count). The number of halogens is 1. The molecule has 2 atom stereocenters. The predicted octanol–water partition coefficient (Wildman–Crippen LogP) is 0.500. The molecule has 3 saturated heterocycles. The number of amides is 1. The van der Waals surface area contributed by atoms with Gasteiger partial charge in [-0.2, -0.15) is 0 Å². The van der Waals surface area contributed by atoms with Crippen molar-refractivity contribution in [3.8, 4) is 0 Å². The fraction of sp³-hybridized carbons (Fsp3) is 0.938. The highest BCUT2D eigenvalue weighted by molar-refractivity contribution is 5.85. The van der Waals surface area contributed by atoms with Crippen molar-refractivity contribution in [2.45, 2.75) is 37.8 Å². The van der Waals surface area contributed by atoms with E-state index < -0.39 is 0 Å². The summed E-state index contributed by atoms with van der Waals surface area (Å²) in [6.07, 6.45) is 4.09. The van der Waals surface area contributed by atoms with Crippen molar-refractivity contribution in [3.63, 3.8) is 0 Å². The molecule has 0 spiro atoms. The van der Waals surface area contributed by atoms with E-state index in [4.69, 9.17) is 9.47 Å². The van der Waals surface area contributed by atoms with Gasteiger partial charge in [0.15, 0.2) is 0 Å². The number of piperazine rings is 1. The zero-order valence-corrected chi connectivity index (χ0v) is 14.7. The highest BCUT2D eigenvalue weighted by Gasteiger charge is 2.30. The fourth-order valence-electron chi connectivity index (χ4n) is 3.62. The molecule has 7 heteroatoms. The molecule has 0 bridgehead atoms. The molecule has 0 radical (unpaired) electrons. The second kappa shape index (κ2) is 9.79. The topological polar surface area (TPSA) is 54.0 Å². The highest BCUT2D eigenvalue weighted by Crippen LogP contribution is 2.17. The normalized spacial score (nSPS) is 28.8. The van der Waals surface area contributed by atoms with Gasteiger partial charge in [0.25, 0.3) is 0 Å². The lowest BCUT2D eigenvalue weighted by molar-refractivity contribution is -0.131. The van der Waals surface area contributed by atoms with Gasteiger partial charge in [-0.25, -0.2) is 0 Å². The molecule has 2 unspecified atom stereocenters. The van der Waals surface area contributed by atoms with Crippen LogP contribution in [0.4, 0.5) is 0 Å². The Morgan fingerprint density at radius 3 is 2.78 bits per heavy atom. The SMILES string of the molecule is Cl.O=C(CCOCC1CCCO1)N1CCC(N2CCNCC2)C1. The second-order valence-electron chi connectivity index (χ2n) is 6.53. The van der Waals surface area contributed by atoms with Gasteiger partial charge in [0, 0.05) is 51.9 Å². The van der Waals surface area contributed by atoms with Crippen LogP contribution in [0, 0.1) is 0 Å². The molecule has 0 saturated carbocycles. The Bertz CT molecular complexity index is 360. The van der Waals surface area contributed by atoms with Crippen molar-refractivity contribution in [1.29, 1.82) is 0 Å². The van der Waals surface area contributed by atoms with Gasteiger partial charge in [-0.1, -0.05) is 0 Å². The van der Waals surface area contributed by atoms with Gasteiger partial charge in [0.1, 0.15) is 0 Å². The third kappa shape index (κ3) is 5.57. The van der Waals surface area contributed by atoms with Gasteiger partial charge in [-0.05, 0) is 19.3 Å².